The van der Waals surface area contributed by atoms with E-state index in [4.69, 9.17) is 14.2 Å². The highest BCUT2D eigenvalue weighted by Crippen LogP contribution is 2.70. The maximum absolute atomic E-state index is 12.7. The summed E-state index contributed by atoms with van der Waals surface area (Å²) >= 11 is 0. The van der Waals surface area contributed by atoms with Crippen molar-refractivity contribution in [2.75, 3.05) is 20.8 Å². The number of hydrogen-bond acceptors (Lipinski definition) is 4. The first-order valence-electron chi connectivity index (χ1n) is 10.9. The van der Waals surface area contributed by atoms with E-state index in [-0.39, 0.29) is 34.8 Å². The van der Waals surface area contributed by atoms with E-state index < -0.39 is 0 Å². The molecule has 1 amide bonds. The van der Waals surface area contributed by atoms with Gasteiger partial charge in [0.25, 0.3) is 0 Å². The van der Waals surface area contributed by atoms with Crippen LogP contribution in [-0.2, 0) is 9.53 Å². The molecule has 160 valence electrons. The van der Waals surface area contributed by atoms with Crippen molar-refractivity contribution in [2.45, 2.75) is 59.1 Å². The van der Waals surface area contributed by atoms with E-state index in [0.29, 0.717) is 11.8 Å². The van der Waals surface area contributed by atoms with Crippen LogP contribution in [0.5, 0.6) is 11.5 Å². The van der Waals surface area contributed by atoms with Gasteiger partial charge < -0.3 is 19.5 Å². The van der Waals surface area contributed by atoms with Gasteiger partial charge in [0.05, 0.1) is 20.3 Å². The first kappa shape index (κ1) is 20.5. The van der Waals surface area contributed by atoms with Gasteiger partial charge in [-0.25, -0.2) is 0 Å². The fraction of sp³-hybridized carbons (Fsp3) is 0.708. The summed E-state index contributed by atoms with van der Waals surface area (Å²) in [4.78, 5) is 12.7. The maximum atomic E-state index is 12.7. The van der Waals surface area contributed by atoms with Crippen molar-refractivity contribution in [3.63, 3.8) is 0 Å². The number of benzene rings is 1. The molecule has 1 aromatic rings. The molecule has 3 aliphatic rings. The summed E-state index contributed by atoms with van der Waals surface area (Å²) in [7, 11) is 3.33. The summed E-state index contributed by atoms with van der Waals surface area (Å²) in [5.41, 5.74) is 1.36. The van der Waals surface area contributed by atoms with E-state index in [1.54, 1.807) is 14.2 Å². The molecule has 29 heavy (non-hydrogen) atoms. The number of amides is 1. The van der Waals surface area contributed by atoms with Crippen LogP contribution in [0.3, 0.4) is 0 Å². The first-order valence-corrected chi connectivity index (χ1v) is 10.9. The number of rotatable bonds is 5. The smallest absolute Gasteiger partial charge is 0.222 e. The molecular formula is C24H35NO4. The van der Waals surface area contributed by atoms with Crippen molar-refractivity contribution in [2.24, 2.45) is 28.6 Å². The minimum Gasteiger partial charge on any atom is -0.493 e. The van der Waals surface area contributed by atoms with Crippen LogP contribution in [-0.4, -0.2) is 32.8 Å². The molecule has 2 bridgehead atoms. The Balaban J connectivity index is 1.68. The number of ether oxygens (including phenoxy) is 3. The second kappa shape index (κ2) is 7.19. The highest BCUT2D eigenvalue weighted by Gasteiger charge is 2.68. The minimum atomic E-state index is 0.00117. The van der Waals surface area contributed by atoms with Crippen LogP contribution in [0.25, 0.3) is 0 Å². The lowest BCUT2D eigenvalue weighted by atomic mass is 9.58. The molecule has 1 spiro atoms. The number of hydrogen-bond donors (Lipinski definition) is 1. The fourth-order valence-corrected chi connectivity index (χ4v) is 6.46. The molecule has 1 N–H and O–H groups in total. The summed E-state index contributed by atoms with van der Waals surface area (Å²) < 4.78 is 17.3. The van der Waals surface area contributed by atoms with Gasteiger partial charge in [-0.1, -0.05) is 33.8 Å². The van der Waals surface area contributed by atoms with Gasteiger partial charge in [0, 0.05) is 18.6 Å². The van der Waals surface area contributed by atoms with Gasteiger partial charge in [0.15, 0.2) is 11.5 Å². The Kier molecular flexibility index (Phi) is 5.09. The summed E-state index contributed by atoms with van der Waals surface area (Å²) in [6, 6.07) is 6.32. The first-order chi connectivity index (χ1) is 13.7. The molecule has 0 unspecified atom stereocenters. The van der Waals surface area contributed by atoms with Crippen molar-refractivity contribution in [1.29, 1.82) is 0 Å². The van der Waals surface area contributed by atoms with Gasteiger partial charge in [-0.15, -0.1) is 0 Å². The van der Waals surface area contributed by atoms with Gasteiger partial charge in [-0.2, -0.15) is 0 Å². The Morgan fingerprint density at radius 2 is 1.93 bits per heavy atom. The largest absolute Gasteiger partial charge is 0.493 e. The Bertz CT molecular complexity index is 789. The van der Waals surface area contributed by atoms with Crippen molar-refractivity contribution >= 4 is 5.91 Å². The number of carbonyl (C=O) groups is 1. The van der Waals surface area contributed by atoms with Crippen LogP contribution in [0, 0.1) is 28.6 Å². The number of methoxy groups -OCH3 is 2. The summed E-state index contributed by atoms with van der Waals surface area (Å²) in [6.45, 7) is 9.36. The highest BCUT2D eigenvalue weighted by molar-refractivity contribution is 5.78. The van der Waals surface area contributed by atoms with Crippen molar-refractivity contribution in [3.05, 3.63) is 23.8 Å². The molecule has 0 radical (unpaired) electrons. The number of fused-ring (bicyclic) bond motifs is 1. The fourth-order valence-electron chi connectivity index (χ4n) is 6.46. The Hall–Kier alpha value is -1.75. The quantitative estimate of drug-likeness (QED) is 0.797. The zero-order valence-corrected chi connectivity index (χ0v) is 18.6. The third kappa shape index (κ3) is 3.04. The summed E-state index contributed by atoms with van der Waals surface area (Å²) in [6.07, 6.45) is 3.38. The lowest BCUT2D eigenvalue weighted by molar-refractivity contribution is -0.139. The number of carbonyl (C=O) groups excluding carboxylic acids is 1. The molecule has 4 rings (SSSR count). The molecule has 1 aliphatic heterocycles. The Morgan fingerprint density at radius 3 is 2.59 bits per heavy atom. The predicted molar refractivity (Wildman–Crippen MR) is 112 cm³/mol. The molecule has 2 saturated carbocycles. The van der Waals surface area contributed by atoms with Gasteiger partial charge in [-0.3, -0.25) is 4.79 Å². The zero-order chi connectivity index (χ0) is 21.0. The molecule has 3 fully saturated rings. The number of nitrogens with one attached hydrogen (secondary N) is 1. The van der Waals surface area contributed by atoms with E-state index in [1.807, 2.05) is 19.9 Å². The monoisotopic (exact) mass is 401 g/mol. The van der Waals surface area contributed by atoms with E-state index in [0.717, 1.165) is 36.5 Å². The third-order valence-electron chi connectivity index (χ3n) is 8.05. The van der Waals surface area contributed by atoms with Crippen LogP contribution in [0.15, 0.2) is 18.2 Å². The van der Waals surface area contributed by atoms with Gasteiger partial charge in [0.2, 0.25) is 5.91 Å². The van der Waals surface area contributed by atoms with E-state index >= 15 is 0 Å². The second-order valence-electron chi connectivity index (χ2n) is 10.0. The van der Waals surface area contributed by atoms with Crippen LogP contribution in [0.2, 0.25) is 0 Å². The average Bonchev–Trinajstić information content (AvgIpc) is 3.19. The molecule has 5 nitrogen and oxygen atoms in total. The molecule has 1 heterocycles. The Morgan fingerprint density at radius 1 is 1.21 bits per heavy atom. The average molecular weight is 402 g/mol. The molecular weight excluding hydrogens is 366 g/mol. The van der Waals surface area contributed by atoms with Gasteiger partial charge in [0.1, 0.15) is 0 Å². The topological polar surface area (TPSA) is 56.8 Å². The SMILES string of the molecule is COc1ccc([C@H]2OCC[C@@]34C[C@@H](C[C@H]23)C(C)(C)[C@@H]4NC(=O)C(C)C)cc1OC. The molecule has 5 heteroatoms. The molecule has 1 saturated heterocycles. The van der Waals surface area contributed by atoms with Crippen LogP contribution in [0.1, 0.15) is 58.6 Å². The standard InChI is InChI=1S/C24H35NO4/c1-14(2)21(26)25-22-23(3,4)16-12-17-20(29-10-9-24(17,22)13-16)15-7-8-18(27-5)19(11-15)28-6/h7-8,11,14,16-17,20,22H,9-10,12-13H2,1-6H3,(H,25,26)/t16-,17-,20-,22+,24-/m1/s1. The molecule has 2 aliphatic carbocycles. The molecule has 1 aromatic carbocycles. The van der Waals surface area contributed by atoms with Crippen LogP contribution >= 0.6 is 0 Å². The van der Waals surface area contributed by atoms with E-state index in [9.17, 15) is 4.79 Å². The summed E-state index contributed by atoms with van der Waals surface area (Å²) in [5, 5.41) is 3.46. The normalized spacial score (nSPS) is 34.7. The van der Waals surface area contributed by atoms with Crippen molar-refractivity contribution < 1.29 is 19.0 Å². The molecule has 0 aromatic heterocycles. The zero-order valence-electron chi connectivity index (χ0n) is 18.6. The Labute approximate surface area is 174 Å². The van der Waals surface area contributed by atoms with Gasteiger partial charge >= 0.3 is 0 Å². The van der Waals surface area contributed by atoms with Crippen molar-refractivity contribution in [1.82, 2.24) is 5.32 Å². The minimum absolute atomic E-state index is 0.00117. The highest BCUT2D eigenvalue weighted by atomic mass is 16.5. The lowest BCUT2D eigenvalue weighted by Crippen LogP contribution is -2.59. The maximum Gasteiger partial charge on any atom is 0.222 e. The van der Waals surface area contributed by atoms with E-state index in [1.165, 1.54) is 6.42 Å². The second-order valence-corrected chi connectivity index (χ2v) is 10.0. The predicted octanol–water partition coefficient (Wildman–Crippen LogP) is 4.36. The molecule has 5 atom stereocenters. The van der Waals surface area contributed by atoms with Crippen LogP contribution < -0.4 is 14.8 Å². The lowest BCUT2D eigenvalue weighted by Gasteiger charge is -2.53. The van der Waals surface area contributed by atoms with E-state index in [2.05, 4.69) is 31.3 Å². The summed E-state index contributed by atoms with van der Waals surface area (Å²) in [5.74, 6) is 2.65. The van der Waals surface area contributed by atoms with Crippen molar-refractivity contribution in [3.8, 4) is 11.5 Å². The van der Waals surface area contributed by atoms with Gasteiger partial charge in [-0.05, 0) is 59.6 Å². The third-order valence-corrected chi connectivity index (χ3v) is 8.05. The van der Waals surface area contributed by atoms with Crippen LogP contribution in [0.4, 0.5) is 0 Å².